The number of hydroxylamine groups is 1. The predicted octanol–water partition coefficient (Wildman–Crippen LogP) is 2.25. The van der Waals surface area contributed by atoms with Gasteiger partial charge in [-0.05, 0) is 36.4 Å². The van der Waals surface area contributed by atoms with Crippen LogP contribution in [0.25, 0.3) is 0 Å². The van der Waals surface area contributed by atoms with Gasteiger partial charge in [-0.1, -0.05) is 0 Å². The summed E-state index contributed by atoms with van der Waals surface area (Å²) < 4.78 is 61.9. The lowest BCUT2D eigenvalue weighted by Crippen LogP contribution is -2.39. The Morgan fingerprint density at radius 2 is 1.92 bits per heavy atom. The number of nitrogens with zero attached hydrogens (tertiary/aromatic N) is 2. The number of hydrogen-bond donors (Lipinski definition) is 0. The lowest BCUT2D eigenvalue weighted by atomic mass is 10.1. The van der Waals surface area contributed by atoms with E-state index in [1.54, 1.807) is 26.2 Å². The van der Waals surface area contributed by atoms with Crippen molar-refractivity contribution in [2.75, 3.05) is 13.3 Å². The quantitative estimate of drug-likeness (QED) is 0.820. The number of halogens is 3. The van der Waals surface area contributed by atoms with E-state index in [1.165, 1.54) is 10.2 Å². The van der Waals surface area contributed by atoms with Crippen molar-refractivity contribution in [3.8, 4) is 0 Å². The summed E-state index contributed by atoms with van der Waals surface area (Å²) in [6.45, 7) is 1.72. The second-order valence-corrected chi connectivity index (χ2v) is 7.30. The second kappa shape index (κ2) is 6.10. The third kappa shape index (κ3) is 3.70. The van der Waals surface area contributed by atoms with Crippen molar-refractivity contribution in [1.82, 2.24) is 10.2 Å². The maximum Gasteiger partial charge on any atom is 0.416 e. The van der Waals surface area contributed by atoms with Crippen molar-refractivity contribution in [2.45, 2.75) is 24.0 Å². The first kappa shape index (κ1) is 18.3. The number of carbonyl (C=O) groups is 1. The van der Waals surface area contributed by atoms with Gasteiger partial charge in [0, 0.05) is 19.5 Å². The maximum atomic E-state index is 12.8. The summed E-state index contributed by atoms with van der Waals surface area (Å²) in [5.41, 5.74) is -1.62. The van der Waals surface area contributed by atoms with E-state index in [0.717, 1.165) is 12.3 Å². The molecule has 24 heavy (non-hydrogen) atoms. The van der Waals surface area contributed by atoms with Crippen LogP contribution >= 0.6 is 0 Å². The summed E-state index contributed by atoms with van der Waals surface area (Å²) in [6, 6.07) is 1.58. The van der Waals surface area contributed by atoms with Crippen molar-refractivity contribution in [2.24, 2.45) is 0 Å². The fourth-order valence-corrected chi connectivity index (χ4v) is 3.02. The van der Waals surface area contributed by atoms with E-state index in [2.05, 4.69) is 0 Å². The number of rotatable bonds is 3. The zero-order valence-electron chi connectivity index (χ0n) is 13.0. The van der Waals surface area contributed by atoms with Gasteiger partial charge >= 0.3 is 12.1 Å². The van der Waals surface area contributed by atoms with Crippen LogP contribution in [0.3, 0.4) is 0 Å². The number of sulfone groups is 1. The summed E-state index contributed by atoms with van der Waals surface area (Å²) in [5.74, 6) is -1.06. The molecule has 1 atom stereocenters. The van der Waals surface area contributed by atoms with Crippen molar-refractivity contribution in [3.05, 3.63) is 41.6 Å². The van der Waals surface area contributed by atoms with Crippen LogP contribution < -0.4 is 0 Å². The normalized spacial score (nSPS) is 18.9. The summed E-state index contributed by atoms with van der Waals surface area (Å²) in [5, 5.41) is 2.62. The van der Waals surface area contributed by atoms with Gasteiger partial charge < -0.3 is 4.84 Å². The number of alkyl halides is 3. The van der Waals surface area contributed by atoms with Gasteiger partial charge in [0.1, 0.15) is 0 Å². The average Bonchev–Trinajstić information content (AvgIpc) is 2.76. The van der Waals surface area contributed by atoms with Crippen molar-refractivity contribution in [1.29, 1.82) is 0 Å². The van der Waals surface area contributed by atoms with Crippen LogP contribution in [0.5, 0.6) is 0 Å². The molecule has 0 N–H and O–H groups in total. The Balaban J connectivity index is 2.41. The van der Waals surface area contributed by atoms with E-state index in [0.29, 0.717) is 12.1 Å². The van der Waals surface area contributed by atoms with Gasteiger partial charge in [0.05, 0.1) is 22.1 Å². The number of carbonyl (C=O) groups excluding carboxylic acids is 1. The smallest absolute Gasteiger partial charge is 0.343 e. The first-order valence-corrected chi connectivity index (χ1v) is 8.64. The molecule has 1 aromatic carbocycles. The molecule has 1 aliphatic heterocycles. The summed E-state index contributed by atoms with van der Waals surface area (Å²) in [6.07, 6.45) is -0.652. The Morgan fingerprint density at radius 1 is 1.29 bits per heavy atom. The third-order valence-corrected chi connectivity index (χ3v) is 4.48. The molecule has 2 rings (SSSR count). The second-order valence-electron chi connectivity index (χ2n) is 5.32. The highest BCUT2D eigenvalue weighted by Crippen LogP contribution is 2.32. The van der Waals surface area contributed by atoms with E-state index < -0.39 is 38.0 Å². The van der Waals surface area contributed by atoms with Crippen LogP contribution in [0.1, 0.15) is 22.8 Å². The molecule has 0 amide bonds. The molecule has 132 valence electrons. The molecule has 0 spiro atoms. The Labute approximate surface area is 136 Å². The Bertz CT molecular complexity index is 778. The van der Waals surface area contributed by atoms with E-state index in [9.17, 15) is 26.4 Å². The molecule has 1 aromatic rings. The first-order valence-electron chi connectivity index (χ1n) is 6.75. The standard InChI is InChI=1S/C14H15F3N2O4S/c1-9-6-7-18(2)19(9)23-13(20)11-5-4-10(14(15,16)17)8-12(11)24(3,21)22/h4-9H,1-3H3. The Morgan fingerprint density at radius 3 is 2.38 bits per heavy atom. The number of hydrogen-bond acceptors (Lipinski definition) is 6. The molecule has 0 saturated heterocycles. The van der Waals surface area contributed by atoms with Gasteiger partial charge in [0.15, 0.2) is 9.84 Å². The average molecular weight is 364 g/mol. The maximum absolute atomic E-state index is 12.8. The van der Waals surface area contributed by atoms with E-state index >= 15 is 0 Å². The van der Waals surface area contributed by atoms with Crippen molar-refractivity contribution >= 4 is 15.8 Å². The molecule has 6 nitrogen and oxygen atoms in total. The van der Waals surface area contributed by atoms with Gasteiger partial charge in [0.2, 0.25) is 0 Å². The van der Waals surface area contributed by atoms with Crippen LogP contribution in [-0.4, -0.2) is 43.9 Å². The Kier molecular flexibility index (Phi) is 4.64. The molecule has 1 aliphatic rings. The number of benzene rings is 1. The van der Waals surface area contributed by atoms with Gasteiger partial charge in [-0.25, -0.2) is 13.2 Å². The van der Waals surface area contributed by atoms with E-state index in [1.807, 2.05) is 0 Å². The van der Waals surface area contributed by atoms with Crippen molar-refractivity contribution in [3.63, 3.8) is 0 Å². The van der Waals surface area contributed by atoms with Crippen LogP contribution in [-0.2, 0) is 20.9 Å². The first-order chi connectivity index (χ1) is 10.9. The molecule has 1 heterocycles. The molecule has 0 saturated carbocycles. The highest BCUT2D eigenvalue weighted by Gasteiger charge is 2.34. The zero-order chi connectivity index (χ0) is 18.3. The van der Waals surface area contributed by atoms with Crippen LogP contribution in [0, 0.1) is 0 Å². The lowest BCUT2D eigenvalue weighted by molar-refractivity contribution is -0.218. The van der Waals surface area contributed by atoms with Crippen LogP contribution in [0.4, 0.5) is 13.2 Å². The third-order valence-electron chi connectivity index (χ3n) is 3.34. The molecule has 0 radical (unpaired) electrons. The highest BCUT2D eigenvalue weighted by molar-refractivity contribution is 7.90. The highest BCUT2D eigenvalue weighted by atomic mass is 32.2. The number of hydrazine groups is 1. The summed E-state index contributed by atoms with van der Waals surface area (Å²) in [7, 11) is -2.48. The summed E-state index contributed by atoms with van der Waals surface area (Å²) in [4.78, 5) is 16.6. The van der Waals surface area contributed by atoms with Gasteiger partial charge in [0.25, 0.3) is 0 Å². The minimum atomic E-state index is -4.73. The predicted molar refractivity (Wildman–Crippen MR) is 78.2 cm³/mol. The fourth-order valence-electron chi connectivity index (χ4n) is 2.13. The molecule has 1 unspecified atom stereocenters. The monoisotopic (exact) mass is 364 g/mol. The van der Waals surface area contributed by atoms with Gasteiger partial charge in [-0.15, -0.1) is 0 Å². The molecular weight excluding hydrogens is 349 g/mol. The minimum absolute atomic E-state index is 0.296. The molecule has 0 aliphatic carbocycles. The molecule has 10 heteroatoms. The van der Waals surface area contributed by atoms with E-state index in [4.69, 9.17) is 4.84 Å². The lowest BCUT2D eigenvalue weighted by Gasteiger charge is -2.27. The minimum Gasteiger partial charge on any atom is -0.343 e. The van der Waals surface area contributed by atoms with Crippen LogP contribution in [0.2, 0.25) is 0 Å². The molecule has 0 bridgehead atoms. The Hall–Kier alpha value is -2.07. The molecule has 0 aromatic heterocycles. The van der Waals surface area contributed by atoms with E-state index in [-0.39, 0.29) is 6.04 Å². The summed E-state index contributed by atoms with van der Waals surface area (Å²) >= 11 is 0. The van der Waals surface area contributed by atoms with Gasteiger partial charge in [-0.2, -0.15) is 13.2 Å². The fraction of sp³-hybridized carbons (Fsp3) is 0.357. The topological polar surface area (TPSA) is 66.9 Å². The SMILES string of the molecule is CC1C=CN(C)N1OC(=O)c1ccc(C(F)(F)F)cc1S(C)(=O)=O. The molecular formula is C14H15F3N2O4S. The molecule has 0 fully saturated rings. The van der Waals surface area contributed by atoms with Gasteiger partial charge in [-0.3, -0.25) is 5.01 Å². The zero-order valence-corrected chi connectivity index (χ0v) is 13.9. The largest absolute Gasteiger partial charge is 0.416 e. The van der Waals surface area contributed by atoms with Crippen LogP contribution in [0.15, 0.2) is 35.4 Å². The van der Waals surface area contributed by atoms with Crippen molar-refractivity contribution < 1.29 is 31.2 Å².